The maximum Gasteiger partial charge on any atom is 0.122 e. The second kappa shape index (κ2) is 9.43. The van der Waals surface area contributed by atoms with Crippen LogP contribution in [0.1, 0.15) is 36.8 Å². The van der Waals surface area contributed by atoms with Crippen molar-refractivity contribution in [3.8, 4) is 11.5 Å². The van der Waals surface area contributed by atoms with Crippen LogP contribution >= 0.6 is 11.6 Å². The van der Waals surface area contributed by atoms with E-state index in [4.69, 9.17) is 26.8 Å². The van der Waals surface area contributed by atoms with Crippen LogP contribution in [0, 0.1) is 0 Å². The van der Waals surface area contributed by atoms with Crippen LogP contribution in [-0.4, -0.2) is 31.8 Å². The zero-order chi connectivity index (χ0) is 21.8. The average Bonchev–Trinajstić information content (AvgIpc) is 2.79. The van der Waals surface area contributed by atoms with Crippen LogP contribution in [0.3, 0.4) is 0 Å². The largest absolute Gasteiger partial charge is 0.497 e. The van der Waals surface area contributed by atoms with Crippen molar-refractivity contribution in [2.24, 2.45) is 5.73 Å². The molecule has 0 atom stereocenters. The lowest BCUT2D eigenvalue weighted by Crippen LogP contribution is -2.45. The Morgan fingerprint density at radius 1 is 1.06 bits per heavy atom. The minimum absolute atomic E-state index is 0.326. The quantitative estimate of drug-likeness (QED) is 0.551. The summed E-state index contributed by atoms with van der Waals surface area (Å²) in [6.07, 6.45) is 6.76. The van der Waals surface area contributed by atoms with Gasteiger partial charge in [0, 0.05) is 34.3 Å². The van der Waals surface area contributed by atoms with Crippen molar-refractivity contribution in [3.63, 3.8) is 0 Å². The molecule has 31 heavy (non-hydrogen) atoms. The van der Waals surface area contributed by atoms with Gasteiger partial charge >= 0.3 is 0 Å². The number of nitrogens with two attached hydrogens (primary N) is 1. The smallest absolute Gasteiger partial charge is 0.122 e. The number of methoxy groups -OCH3 is 2. The van der Waals surface area contributed by atoms with Crippen molar-refractivity contribution >= 4 is 22.5 Å². The molecule has 3 N–H and O–H groups in total. The molecule has 4 rings (SSSR count). The Bertz CT molecular complexity index is 1030. The van der Waals surface area contributed by atoms with E-state index in [1.165, 1.54) is 11.1 Å². The van der Waals surface area contributed by atoms with Gasteiger partial charge in [-0.15, -0.1) is 0 Å². The molecule has 0 saturated heterocycles. The second-order valence-electron chi connectivity index (χ2n) is 8.38. The number of pyridine rings is 1. The molecule has 5 nitrogen and oxygen atoms in total. The number of hydrogen-bond donors (Lipinski definition) is 2. The number of nitrogens with one attached hydrogen (secondary N) is 1. The van der Waals surface area contributed by atoms with E-state index in [0.29, 0.717) is 11.1 Å². The summed E-state index contributed by atoms with van der Waals surface area (Å²) < 4.78 is 10.7. The molecular weight excluding hydrogens is 410 g/mol. The van der Waals surface area contributed by atoms with Crippen LogP contribution < -0.4 is 20.5 Å². The van der Waals surface area contributed by atoms with Crippen LogP contribution in [0.2, 0.25) is 5.02 Å². The first-order chi connectivity index (χ1) is 15.0. The molecule has 6 heteroatoms. The summed E-state index contributed by atoms with van der Waals surface area (Å²) in [5, 5.41) is 5.52. The third kappa shape index (κ3) is 4.95. The fourth-order valence-electron chi connectivity index (χ4n) is 4.59. The highest BCUT2D eigenvalue weighted by Crippen LogP contribution is 2.38. The van der Waals surface area contributed by atoms with Gasteiger partial charge in [-0.1, -0.05) is 17.7 Å². The molecule has 1 aromatic heterocycles. The summed E-state index contributed by atoms with van der Waals surface area (Å²) in [4.78, 5) is 4.47. The molecule has 3 aromatic rings. The summed E-state index contributed by atoms with van der Waals surface area (Å²) in [7, 11) is 3.36. The first-order valence-corrected chi connectivity index (χ1v) is 11.2. The summed E-state index contributed by atoms with van der Waals surface area (Å²) in [6, 6.07) is 14.4. The molecule has 0 radical (unpaired) electrons. The highest BCUT2D eigenvalue weighted by molar-refractivity contribution is 6.31. The zero-order valence-electron chi connectivity index (χ0n) is 18.2. The number of benzene rings is 2. The highest BCUT2D eigenvalue weighted by Gasteiger charge is 2.34. The molecule has 1 saturated carbocycles. The Morgan fingerprint density at radius 3 is 2.45 bits per heavy atom. The summed E-state index contributed by atoms with van der Waals surface area (Å²) in [5.74, 6) is 1.65. The maximum absolute atomic E-state index is 6.91. The van der Waals surface area contributed by atoms with Gasteiger partial charge in [-0.05, 0) is 80.1 Å². The predicted octanol–water partition coefficient (Wildman–Crippen LogP) is 4.83. The first-order valence-electron chi connectivity index (χ1n) is 10.8. The molecular formula is C25H30ClN3O2. The third-order valence-corrected chi connectivity index (χ3v) is 6.61. The number of rotatable bonds is 7. The first kappa shape index (κ1) is 21.9. The molecule has 1 aliphatic rings. The molecule has 1 fully saturated rings. The number of ether oxygens (including phenoxy) is 2. The van der Waals surface area contributed by atoms with Crippen molar-refractivity contribution in [1.29, 1.82) is 0 Å². The van der Waals surface area contributed by atoms with Gasteiger partial charge in [0.15, 0.2) is 0 Å². The monoisotopic (exact) mass is 439 g/mol. The minimum Gasteiger partial charge on any atom is -0.497 e. The van der Waals surface area contributed by atoms with Crippen LogP contribution in [0.25, 0.3) is 10.9 Å². The van der Waals surface area contributed by atoms with Gasteiger partial charge in [0.2, 0.25) is 0 Å². The normalized spacial score (nSPS) is 21.2. The standard InChI is InChI=1S/C25H30ClN3O2/c1-30-20-13-17(14-21(16-20)31-2)7-11-28-19-5-9-25(27,10-6-19)23-8-12-29-24-15-18(26)3-4-22(23)24/h3-4,8,12-16,19,28H,5-7,9-11,27H2,1-2H3. The number of hydrogen-bond acceptors (Lipinski definition) is 5. The number of fused-ring (bicyclic) bond motifs is 1. The van der Waals surface area contributed by atoms with Gasteiger partial charge in [-0.25, -0.2) is 0 Å². The maximum atomic E-state index is 6.91. The Morgan fingerprint density at radius 2 is 1.77 bits per heavy atom. The minimum atomic E-state index is -0.326. The van der Waals surface area contributed by atoms with E-state index in [0.717, 1.165) is 61.1 Å². The second-order valence-corrected chi connectivity index (χ2v) is 8.81. The van der Waals surface area contributed by atoms with Crippen LogP contribution in [0.15, 0.2) is 48.7 Å². The van der Waals surface area contributed by atoms with Crippen LogP contribution in [-0.2, 0) is 12.0 Å². The predicted molar refractivity (Wildman–Crippen MR) is 126 cm³/mol. The molecule has 0 spiro atoms. The van der Waals surface area contributed by atoms with Crippen molar-refractivity contribution in [2.75, 3.05) is 20.8 Å². The molecule has 1 aliphatic carbocycles. The number of halogens is 1. The Hall–Kier alpha value is -2.34. The van der Waals surface area contributed by atoms with Gasteiger partial charge in [0.05, 0.1) is 19.7 Å². The van der Waals surface area contributed by atoms with Gasteiger partial charge in [-0.2, -0.15) is 0 Å². The molecule has 1 heterocycles. The van der Waals surface area contributed by atoms with E-state index < -0.39 is 0 Å². The molecule has 0 amide bonds. The summed E-state index contributed by atoms with van der Waals surface area (Å²) in [5.41, 5.74) is 9.87. The topological polar surface area (TPSA) is 69.4 Å². The molecule has 164 valence electrons. The van der Waals surface area contributed by atoms with Gasteiger partial charge in [0.25, 0.3) is 0 Å². The molecule has 0 unspecified atom stereocenters. The van der Waals surface area contributed by atoms with Crippen molar-refractivity contribution in [3.05, 3.63) is 64.8 Å². The summed E-state index contributed by atoms with van der Waals surface area (Å²) >= 11 is 6.14. The molecule has 0 bridgehead atoms. The van der Waals surface area contributed by atoms with Crippen molar-refractivity contribution in [1.82, 2.24) is 10.3 Å². The molecule has 2 aromatic carbocycles. The van der Waals surface area contributed by atoms with Crippen LogP contribution in [0.4, 0.5) is 0 Å². The van der Waals surface area contributed by atoms with E-state index in [1.807, 2.05) is 30.5 Å². The Balaban J connectivity index is 1.36. The Labute approximate surface area is 188 Å². The molecule has 0 aliphatic heterocycles. The van der Waals surface area contributed by atoms with E-state index in [-0.39, 0.29) is 5.54 Å². The zero-order valence-corrected chi connectivity index (χ0v) is 18.9. The third-order valence-electron chi connectivity index (χ3n) is 6.38. The summed E-state index contributed by atoms with van der Waals surface area (Å²) in [6.45, 7) is 0.912. The lowest BCUT2D eigenvalue weighted by molar-refractivity contribution is 0.254. The Kier molecular flexibility index (Phi) is 6.65. The van der Waals surface area contributed by atoms with Gasteiger partial charge in [-0.3, -0.25) is 4.98 Å². The average molecular weight is 440 g/mol. The lowest BCUT2D eigenvalue weighted by atomic mass is 9.74. The highest BCUT2D eigenvalue weighted by atomic mass is 35.5. The lowest BCUT2D eigenvalue weighted by Gasteiger charge is -2.38. The number of aromatic nitrogens is 1. The van der Waals surface area contributed by atoms with Crippen LogP contribution in [0.5, 0.6) is 11.5 Å². The van der Waals surface area contributed by atoms with Gasteiger partial charge in [0.1, 0.15) is 11.5 Å². The fraction of sp³-hybridized carbons (Fsp3) is 0.400. The number of nitrogens with zero attached hydrogens (tertiary/aromatic N) is 1. The van der Waals surface area contributed by atoms with E-state index >= 15 is 0 Å². The van der Waals surface area contributed by atoms with Gasteiger partial charge < -0.3 is 20.5 Å². The van der Waals surface area contributed by atoms with E-state index in [1.54, 1.807) is 14.2 Å². The fourth-order valence-corrected chi connectivity index (χ4v) is 4.76. The van der Waals surface area contributed by atoms with E-state index in [2.05, 4.69) is 28.5 Å². The van der Waals surface area contributed by atoms with Crippen molar-refractivity contribution < 1.29 is 9.47 Å². The van der Waals surface area contributed by atoms with Crippen molar-refractivity contribution in [2.45, 2.75) is 43.7 Å². The van der Waals surface area contributed by atoms with E-state index in [9.17, 15) is 0 Å². The SMILES string of the molecule is COc1cc(CCNC2CCC(N)(c3ccnc4cc(Cl)ccc34)CC2)cc(OC)c1.